The fourth-order valence-electron chi connectivity index (χ4n) is 3.06. The van der Waals surface area contributed by atoms with Crippen molar-refractivity contribution in [3.63, 3.8) is 0 Å². The Morgan fingerprint density at radius 2 is 1.83 bits per heavy atom. The molecule has 0 amide bonds. The van der Waals surface area contributed by atoms with E-state index in [0.717, 1.165) is 41.3 Å². The number of rotatable bonds is 7. The summed E-state index contributed by atoms with van der Waals surface area (Å²) in [5.41, 5.74) is 3.12. The molecule has 0 saturated heterocycles. The molecule has 3 rings (SSSR count). The summed E-state index contributed by atoms with van der Waals surface area (Å²) < 4.78 is 25.2. The second kappa shape index (κ2) is 9.09. The highest BCUT2D eigenvalue weighted by atomic mass is 32.2. The predicted octanol–water partition coefficient (Wildman–Crippen LogP) is 2.27. The number of benzene rings is 2. The van der Waals surface area contributed by atoms with Gasteiger partial charge in [0.2, 0.25) is 0 Å². The van der Waals surface area contributed by atoms with Crippen LogP contribution < -0.4 is 10.6 Å². The van der Waals surface area contributed by atoms with E-state index in [1.807, 2.05) is 50.4 Å². The third-order valence-electron chi connectivity index (χ3n) is 4.66. The summed E-state index contributed by atoms with van der Waals surface area (Å²) >= 11 is 0. The molecule has 154 valence electrons. The molecule has 0 spiro atoms. The number of imidazole rings is 1. The summed E-state index contributed by atoms with van der Waals surface area (Å²) in [5.74, 6) is 1.63. The van der Waals surface area contributed by atoms with Crippen LogP contribution >= 0.6 is 0 Å². The fourth-order valence-corrected chi connectivity index (χ4v) is 3.69. The molecule has 1 heterocycles. The van der Waals surface area contributed by atoms with Crippen molar-refractivity contribution in [2.45, 2.75) is 24.8 Å². The van der Waals surface area contributed by atoms with Crippen molar-refractivity contribution in [2.75, 3.05) is 19.3 Å². The average molecular weight is 414 g/mol. The lowest BCUT2D eigenvalue weighted by molar-refractivity contribution is 0.602. The molecule has 2 N–H and O–H groups in total. The average Bonchev–Trinajstić information content (AvgIpc) is 3.02. The third-order valence-corrected chi connectivity index (χ3v) is 5.79. The summed E-state index contributed by atoms with van der Waals surface area (Å²) in [7, 11) is -1.16. The van der Waals surface area contributed by atoms with E-state index in [1.165, 1.54) is 6.26 Å². The molecule has 7 nitrogen and oxygen atoms in total. The molecule has 0 saturated carbocycles. The topological polar surface area (TPSA) is 88.4 Å². The number of para-hydroxylation sites is 2. The van der Waals surface area contributed by atoms with Crippen LogP contribution in [0.1, 0.15) is 18.3 Å². The number of guanidine groups is 1. The van der Waals surface area contributed by atoms with Gasteiger partial charge in [0.1, 0.15) is 12.4 Å². The Morgan fingerprint density at radius 1 is 1.10 bits per heavy atom. The zero-order valence-corrected chi connectivity index (χ0v) is 17.8. The van der Waals surface area contributed by atoms with Gasteiger partial charge in [0.25, 0.3) is 0 Å². The van der Waals surface area contributed by atoms with Crippen molar-refractivity contribution in [1.29, 1.82) is 0 Å². The molecule has 0 fully saturated rings. The highest BCUT2D eigenvalue weighted by Gasteiger charge is 2.08. The van der Waals surface area contributed by atoms with Crippen molar-refractivity contribution in [2.24, 2.45) is 12.0 Å². The number of aromatic nitrogens is 2. The number of aryl methyl sites for hydroxylation is 1. The Balaban J connectivity index is 1.61. The molecule has 1 aromatic heterocycles. The third kappa shape index (κ3) is 5.35. The van der Waals surface area contributed by atoms with Crippen LogP contribution in [0.2, 0.25) is 0 Å². The fraction of sp³-hybridized carbons (Fsp3) is 0.333. The molecule has 8 heteroatoms. The van der Waals surface area contributed by atoms with E-state index in [4.69, 9.17) is 0 Å². The second-order valence-corrected chi connectivity index (χ2v) is 8.88. The number of sulfone groups is 1. The maximum absolute atomic E-state index is 11.5. The van der Waals surface area contributed by atoms with Crippen LogP contribution in [-0.4, -0.2) is 43.3 Å². The highest BCUT2D eigenvalue weighted by molar-refractivity contribution is 7.90. The van der Waals surface area contributed by atoms with E-state index < -0.39 is 9.84 Å². The summed E-state index contributed by atoms with van der Waals surface area (Å²) in [6.07, 6.45) is 1.98. The van der Waals surface area contributed by atoms with Gasteiger partial charge in [-0.2, -0.15) is 0 Å². The molecule has 2 aromatic carbocycles. The Bertz CT molecular complexity index is 1100. The monoisotopic (exact) mass is 413 g/mol. The summed E-state index contributed by atoms with van der Waals surface area (Å²) in [4.78, 5) is 9.64. The maximum atomic E-state index is 11.5. The first-order chi connectivity index (χ1) is 13.9. The molecule has 0 aliphatic heterocycles. The second-order valence-electron chi connectivity index (χ2n) is 6.86. The number of hydrogen-bond acceptors (Lipinski definition) is 4. The number of nitrogens with one attached hydrogen (secondary N) is 2. The predicted molar refractivity (Wildman–Crippen MR) is 117 cm³/mol. The maximum Gasteiger partial charge on any atom is 0.191 e. The highest BCUT2D eigenvalue weighted by Crippen LogP contribution is 2.14. The molecular formula is C21H27N5O2S. The number of fused-ring (bicyclic) bond motifs is 1. The number of hydrogen-bond donors (Lipinski definition) is 2. The molecule has 0 atom stereocenters. The van der Waals surface area contributed by atoms with Crippen molar-refractivity contribution < 1.29 is 8.42 Å². The van der Waals surface area contributed by atoms with E-state index >= 15 is 0 Å². The minimum Gasteiger partial charge on any atom is -0.357 e. The van der Waals surface area contributed by atoms with Gasteiger partial charge in [-0.1, -0.05) is 24.3 Å². The molecule has 29 heavy (non-hydrogen) atoms. The summed E-state index contributed by atoms with van der Waals surface area (Å²) in [6, 6.07) is 15.0. The van der Waals surface area contributed by atoms with Gasteiger partial charge in [-0.25, -0.2) is 18.4 Å². The Hall–Kier alpha value is -2.87. The zero-order chi connectivity index (χ0) is 20.9. The van der Waals surface area contributed by atoms with Crippen LogP contribution in [-0.2, 0) is 29.9 Å². The normalized spacial score (nSPS) is 12.3. The molecular weight excluding hydrogens is 386 g/mol. The molecule has 0 aliphatic rings. The summed E-state index contributed by atoms with van der Waals surface area (Å²) in [5, 5.41) is 6.56. The van der Waals surface area contributed by atoms with E-state index in [1.54, 1.807) is 12.1 Å². The Labute approximate surface area is 171 Å². The quantitative estimate of drug-likeness (QED) is 0.458. The smallest absolute Gasteiger partial charge is 0.191 e. The van der Waals surface area contributed by atoms with Gasteiger partial charge in [0, 0.05) is 26.4 Å². The van der Waals surface area contributed by atoms with Crippen molar-refractivity contribution in [3.05, 3.63) is 59.9 Å². The largest absolute Gasteiger partial charge is 0.357 e. The van der Waals surface area contributed by atoms with Crippen molar-refractivity contribution in [1.82, 2.24) is 20.2 Å². The van der Waals surface area contributed by atoms with E-state index in [2.05, 4.69) is 25.2 Å². The van der Waals surface area contributed by atoms with E-state index in [9.17, 15) is 8.42 Å². The van der Waals surface area contributed by atoms with Crippen molar-refractivity contribution >= 4 is 26.8 Å². The van der Waals surface area contributed by atoms with Crippen LogP contribution in [0.3, 0.4) is 0 Å². The Morgan fingerprint density at radius 3 is 2.48 bits per heavy atom. The van der Waals surface area contributed by atoms with E-state index in [0.29, 0.717) is 18.0 Å². The van der Waals surface area contributed by atoms with Gasteiger partial charge in [-0.05, 0) is 43.2 Å². The minimum atomic E-state index is -3.16. The molecule has 0 aliphatic carbocycles. The van der Waals surface area contributed by atoms with Crippen LogP contribution in [0.25, 0.3) is 11.0 Å². The number of nitrogens with zero attached hydrogens (tertiary/aromatic N) is 3. The van der Waals surface area contributed by atoms with Crippen LogP contribution in [0, 0.1) is 0 Å². The summed E-state index contributed by atoms with van der Waals surface area (Å²) in [6.45, 7) is 3.95. The SMILES string of the molecule is CCNC(=NCc1nc2ccccc2n1C)NCCc1ccc(S(C)(=O)=O)cc1. The van der Waals surface area contributed by atoms with Gasteiger partial charge in [-0.3, -0.25) is 0 Å². The lowest BCUT2D eigenvalue weighted by Gasteiger charge is -2.11. The van der Waals surface area contributed by atoms with Gasteiger partial charge >= 0.3 is 0 Å². The lowest BCUT2D eigenvalue weighted by atomic mass is 10.1. The van der Waals surface area contributed by atoms with Gasteiger partial charge in [-0.15, -0.1) is 0 Å². The van der Waals surface area contributed by atoms with Crippen LogP contribution in [0.4, 0.5) is 0 Å². The van der Waals surface area contributed by atoms with Crippen molar-refractivity contribution in [3.8, 4) is 0 Å². The standard InChI is InChI=1S/C21H27N5O2S/c1-4-22-21(23-14-13-16-9-11-17(12-10-16)29(3,27)28)24-15-20-25-18-7-5-6-8-19(18)26(20)2/h5-12H,4,13-15H2,1-3H3,(H2,22,23,24). The Kier molecular flexibility index (Phi) is 6.53. The van der Waals surface area contributed by atoms with Gasteiger partial charge < -0.3 is 15.2 Å². The first-order valence-corrected chi connectivity index (χ1v) is 11.5. The first-order valence-electron chi connectivity index (χ1n) is 9.60. The molecule has 3 aromatic rings. The van der Waals surface area contributed by atoms with Gasteiger partial charge in [0.05, 0.1) is 15.9 Å². The lowest BCUT2D eigenvalue weighted by Crippen LogP contribution is -2.38. The molecule has 0 unspecified atom stereocenters. The van der Waals surface area contributed by atoms with Crippen LogP contribution in [0.15, 0.2) is 58.4 Å². The van der Waals surface area contributed by atoms with Gasteiger partial charge in [0.15, 0.2) is 15.8 Å². The minimum absolute atomic E-state index is 0.339. The number of aliphatic imine (C=N–C) groups is 1. The van der Waals surface area contributed by atoms with E-state index in [-0.39, 0.29) is 0 Å². The molecule has 0 radical (unpaired) electrons. The zero-order valence-electron chi connectivity index (χ0n) is 17.0. The van der Waals surface area contributed by atoms with Crippen LogP contribution in [0.5, 0.6) is 0 Å². The molecule has 0 bridgehead atoms. The first kappa shape index (κ1) is 20.9.